The van der Waals surface area contributed by atoms with Crippen LogP contribution in [0.3, 0.4) is 0 Å². The molecule has 16 heavy (non-hydrogen) atoms. The molecule has 0 aliphatic carbocycles. The van der Waals surface area contributed by atoms with E-state index in [4.69, 9.17) is 9.47 Å². The van der Waals surface area contributed by atoms with E-state index >= 15 is 0 Å². The molecule has 0 bridgehead atoms. The fraction of sp³-hybridized carbons (Fsp3) is 0.455. The second-order valence-electron chi connectivity index (χ2n) is 3.09. The normalized spacial score (nSPS) is 11.3. The Morgan fingerprint density at radius 3 is 2.62 bits per heavy atom. The Kier molecular flexibility index (Phi) is 4.57. The Balaban J connectivity index is 2.88. The summed E-state index contributed by atoms with van der Waals surface area (Å²) in [6.45, 7) is 4.32. The molecule has 0 saturated heterocycles. The third-order valence-electron chi connectivity index (χ3n) is 1.91. The maximum Gasteiger partial charge on any atom is 0.373 e. The van der Waals surface area contributed by atoms with E-state index in [0.717, 1.165) is 5.69 Å². The number of hydrogen-bond acceptors (Lipinski definition) is 4. The zero-order chi connectivity index (χ0) is 12.0. The van der Waals surface area contributed by atoms with Crippen LogP contribution in [0.15, 0.2) is 18.3 Å². The van der Waals surface area contributed by atoms with Gasteiger partial charge in [-0.3, -0.25) is 0 Å². The Hall–Kier alpha value is -1.78. The molecule has 0 atom stereocenters. The molecular formula is C11H16N2O3. The second kappa shape index (κ2) is 5.95. The number of esters is 1. The van der Waals surface area contributed by atoms with Crippen LogP contribution in [0, 0.1) is 0 Å². The van der Waals surface area contributed by atoms with Gasteiger partial charge < -0.3 is 14.0 Å². The first-order valence-electron chi connectivity index (χ1n) is 5.17. The van der Waals surface area contributed by atoms with Crippen molar-refractivity contribution in [2.45, 2.75) is 13.8 Å². The smallest absolute Gasteiger partial charge is 0.373 e. The molecule has 0 aliphatic rings. The first-order chi connectivity index (χ1) is 7.69. The average Bonchev–Trinajstić information content (AvgIpc) is 2.64. The van der Waals surface area contributed by atoms with Crippen molar-refractivity contribution in [1.82, 2.24) is 9.55 Å². The fourth-order valence-corrected chi connectivity index (χ4v) is 1.16. The molecule has 0 aliphatic heterocycles. The van der Waals surface area contributed by atoms with Crippen LogP contribution in [0.5, 0.6) is 0 Å². The minimum Gasteiger partial charge on any atom is -0.487 e. The average molecular weight is 224 g/mol. The van der Waals surface area contributed by atoms with Gasteiger partial charge >= 0.3 is 5.97 Å². The van der Waals surface area contributed by atoms with Gasteiger partial charge in [0.05, 0.1) is 31.4 Å². The molecular weight excluding hydrogens is 208 g/mol. The number of nitrogens with zero attached hydrogens (tertiary/aromatic N) is 2. The largest absolute Gasteiger partial charge is 0.487 e. The minimum atomic E-state index is -0.453. The highest BCUT2D eigenvalue weighted by Crippen LogP contribution is 2.08. The lowest BCUT2D eigenvalue weighted by atomic mass is 10.3. The number of imidazole rings is 1. The highest BCUT2D eigenvalue weighted by Gasteiger charge is 2.12. The van der Waals surface area contributed by atoms with Gasteiger partial charge in [0.15, 0.2) is 0 Å². The minimum absolute atomic E-state index is 0.202. The molecule has 0 amide bonds. The van der Waals surface area contributed by atoms with Gasteiger partial charge in [-0.05, 0) is 13.8 Å². The fourth-order valence-electron chi connectivity index (χ4n) is 1.16. The van der Waals surface area contributed by atoms with Crippen LogP contribution in [0.1, 0.15) is 19.5 Å². The van der Waals surface area contributed by atoms with Crippen LogP contribution in [0.2, 0.25) is 0 Å². The van der Waals surface area contributed by atoms with E-state index in [1.165, 1.54) is 0 Å². The van der Waals surface area contributed by atoms with Crippen molar-refractivity contribution < 1.29 is 14.3 Å². The lowest BCUT2D eigenvalue weighted by molar-refractivity contribution is -0.142. The Morgan fingerprint density at radius 1 is 1.44 bits per heavy atom. The first kappa shape index (κ1) is 12.3. The summed E-state index contributed by atoms with van der Waals surface area (Å²) in [6, 6.07) is 0. The number of carbonyl (C=O) groups is 1. The van der Waals surface area contributed by atoms with Gasteiger partial charge in [-0.25, -0.2) is 9.78 Å². The van der Waals surface area contributed by atoms with Crippen LogP contribution in [-0.4, -0.2) is 28.7 Å². The van der Waals surface area contributed by atoms with Gasteiger partial charge in [0.25, 0.3) is 0 Å². The van der Waals surface area contributed by atoms with E-state index in [1.54, 1.807) is 30.1 Å². The molecule has 0 radical (unpaired) electrons. The summed E-state index contributed by atoms with van der Waals surface area (Å²) in [6.07, 6.45) is 4.92. The highest BCUT2D eigenvalue weighted by molar-refractivity contribution is 5.91. The molecule has 1 heterocycles. The summed E-state index contributed by atoms with van der Waals surface area (Å²) in [5.74, 6) is -0.251. The number of aromatic nitrogens is 2. The van der Waals surface area contributed by atoms with Crippen LogP contribution < -0.4 is 0 Å². The van der Waals surface area contributed by atoms with Crippen LogP contribution in [-0.2, 0) is 21.3 Å². The van der Waals surface area contributed by atoms with Crippen LogP contribution in [0.4, 0.5) is 0 Å². The van der Waals surface area contributed by atoms with E-state index in [-0.39, 0.29) is 5.76 Å². The Morgan fingerprint density at radius 2 is 2.12 bits per heavy atom. The topological polar surface area (TPSA) is 53.3 Å². The summed E-state index contributed by atoms with van der Waals surface area (Å²) < 4.78 is 11.9. The molecule has 0 spiro atoms. The molecule has 5 heteroatoms. The molecule has 1 aromatic heterocycles. The SMILES string of the molecule is CCOC(=O)/C(=C\c1cncn1C)OCC. The molecule has 1 aromatic rings. The molecule has 0 N–H and O–H groups in total. The highest BCUT2D eigenvalue weighted by atomic mass is 16.6. The summed E-state index contributed by atoms with van der Waals surface area (Å²) >= 11 is 0. The molecule has 0 saturated carbocycles. The summed E-state index contributed by atoms with van der Waals surface area (Å²) in [7, 11) is 1.84. The molecule has 0 aromatic carbocycles. The number of rotatable bonds is 5. The number of aryl methyl sites for hydroxylation is 1. The molecule has 5 nitrogen and oxygen atoms in total. The van der Waals surface area contributed by atoms with Crippen molar-refractivity contribution in [3.63, 3.8) is 0 Å². The predicted molar refractivity (Wildman–Crippen MR) is 59.4 cm³/mol. The maximum absolute atomic E-state index is 11.5. The Bertz CT molecular complexity index is 382. The molecule has 0 unspecified atom stereocenters. The van der Waals surface area contributed by atoms with Crippen LogP contribution in [0.25, 0.3) is 6.08 Å². The van der Waals surface area contributed by atoms with Crippen molar-refractivity contribution in [1.29, 1.82) is 0 Å². The van der Waals surface area contributed by atoms with E-state index in [0.29, 0.717) is 13.2 Å². The first-order valence-corrected chi connectivity index (χ1v) is 5.17. The maximum atomic E-state index is 11.5. The lowest BCUT2D eigenvalue weighted by Crippen LogP contribution is -2.10. The zero-order valence-corrected chi connectivity index (χ0v) is 9.77. The van der Waals surface area contributed by atoms with Crippen molar-refractivity contribution in [3.05, 3.63) is 24.0 Å². The Labute approximate surface area is 94.7 Å². The lowest BCUT2D eigenvalue weighted by Gasteiger charge is -2.07. The van der Waals surface area contributed by atoms with Gasteiger partial charge in [-0.2, -0.15) is 0 Å². The summed E-state index contributed by atoms with van der Waals surface area (Å²) in [5, 5.41) is 0. The van der Waals surface area contributed by atoms with Crippen LogP contribution >= 0.6 is 0 Å². The van der Waals surface area contributed by atoms with Gasteiger partial charge in [-0.15, -0.1) is 0 Å². The predicted octanol–water partition coefficient (Wildman–Crippen LogP) is 1.36. The van der Waals surface area contributed by atoms with Gasteiger partial charge in [0.1, 0.15) is 0 Å². The van der Waals surface area contributed by atoms with Crippen molar-refractivity contribution in [3.8, 4) is 0 Å². The van der Waals surface area contributed by atoms with E-state index in [1.807, 2.05) is 14.0 Å². The van der Waals surface area contributed by atoms with Gasteiger partial charge in [0, 0.05) is 13.1 Å². The summed E-state index contributed by atoms with van der Waals surface area (Å²) in [4.78, 5) is 15.5. The van der Waals surface area contributed by atoms with Crippen molar-refractivity contribution in [2.24, 2.45) is 7.05 Å². The summed E-state index contributed by atoms with van der Waals surface area (Å²) in [5.41, 5.74) is 0.788. The van der Waals surface area contributed by atoms with E-state index in [2.05, 4.69) is 4.98 Å². The number of hydrogen-bond donors (Lipinski definition) is 0. The van der Waals surface area contributed by atoms with Gasteiger partial charge in [0.2, 0.25) is 5.76 Å². The van der Waals surface area contributed by atoms with E-state index in [9.17, 15) is 4.79 Å². The number of ether oxygens (including phenoxy) is 2. The zero-order valence-electron chi connectivity index (χ0n) is 9.77. The molecule has 88 valence electrons. The van der Waals surface area contributed by atoms with Crippen molar-refractivity contribution >= 4 is 12.0 Å². The monoisotopic (exact) mass is 224 g/mol. The third-order valence-corrected chi connectivity index (χ3v) is 1.91. The van der Waals surface area contributed by atoms with E-state index < -0.39 is 5.97 Å². The second-order valence-corrected chi connectivity index (χ2v) is 3.09. The molecule has 1 rings (SSSR count). The standard InChI is InChI=1S/C11H16N2O3/c1-4-15-10(11(14)16-5-2)6-9-7-12-8-13(9)3/h6-8H,4-5H2,1-3H3/b10-6+. The van der Waals surface area contributed by atoms with Crippen molar-refractivity contribution in [2.75, 3.05) is 13.2 Å². The number of carbonyl (C=O) groups excluding carboxylic acids is 1. The molecule has 0 fully saturated rings. The van der Waals surface area contributed by atoms with Gasteiger partial charge in [-0.1, -0.05) is 0 Å². The quantitative estimate of drug-likeness (QED) is 0.430. The third kappa shape index (κ3) is 3.12.